The topological polar surface area (TPSA) is 69.6 Å². The fourth-order valence-corrected chi connectivity index (χ4v) is 2.93. The molecule has 0 bridgehead atoms. The highest BCUT2D eigenvalue weighted by atomic mass is 35.5. The standard InChI is InChI=1S/C12H14ClN5S/c1-7(14)8-2-5-11(10(13)6-8)19-12-15-16-17-18(12)9-3-4-9/h2,5-7,9H,3-4,14H2,1H3/t7-/m1/s1. The molecule has 0 spiro atoms. The lowest BCUT2D eigenvalue weighted by Gasteiger charge is -2.09. The summed E-state index contributed by atoms with van der Waals surface area (Å²) < 4.78 is 1.88. The first-order chi connectivity index (χ1) is 9.15. The molecular weight excluding hydrogens is 282 g/mol. The lowest BCUT2D eigenvalue weighted by molar-refractivity contribution is 0.565. The number of hydrogen-bond acceptors (Lipinski definition) is 5. The van der Waals surface area contributed by atoms with Crippen LogP contribution < -0.4 is 5.73 Å². The quantitative estimate of drug-likeness (QED) is 0.939. The number of halogens is 1. The first kappa shape index (κ1) is 12.9. The van der Waals surface area contributed by atoms with Gasteiger partial charge < -0.3 is 5.73 Å². The first-order valence-electron chi connectivity index (χ1n) is 6.16. The second kappa shape index (κ2) is 5.11. The van der Waals surface area contributed by atoms with Crippen LogP contribution in [0, 0.1) is 0 Å². The van der Waals surface area contributed by atoms with Crippen LogP contribution >= 0.6 is 23.4 Å². The van der Waals surface area contributed by atoms with E-state index in [0.717, 1.165) is 28.5 Å². The number of tetrazole rings is 1. The van der Waals surface area contributed by atoms with E-state index in [4.69, 9.17) is 17.3 Å². The van der Waals surface area contributed by atoms with Gasteiger partial charge in [-0.3, -0.25) is 0 Å². The van der Waals surface area contributed by atoms with Crippen molar-refractivity contribution in [3.05, 3.63) is 28.8 Å². The summed E-state index contributed by atoms with van der Waals surface area (Å²) >= 11 is 7.77. The Labute approximate surface area is 120 Å². The molecule has 0 saturated heterocycles. The lowest BCUT2D eigenvalue weighted by Crippen LogP contribution is -2.04. The van der Waals surface area contributed by atoms with Gasteiger partial charge in [0.1, 0.15) is 0 Å². The minimum absolute atomic E-state index is 0.0201. The molecule has 100 valence electrons. The third-order valence-electron chi connectivity index (χ3n) is 3.04. The molecule has 1 aromatic heterocycles. The minimum atomic E-state index is -0.0201. The van der Waals surface area contributed by atoms with Gasteiger partial charge in [-0.1, -0.05) is 17.7 Å². The molecule has 1 aliphatic rings. The molecule has 1 atom stereocenters. The van der Waals surface area contributed by atoms with Gasteiger partial charge in [-0.15, -0.1) is 5.10 Å². The molecule has 1 aliphatic carbocycles. The summed E-state index contributed by atoms with van der Waals surface area (Å²) in [6, 6.07) is 6.30. The molecule has 3 rings (SSSR count). The highest BCUT2D eigenvalue weighted by Crippen LogP contribution is 2.39. The summed E-state index contributed by atoms with van der Waals surface area (Å²) in [7, 11) is 0. The van der Waals surface area contributed by atoms with Crippen LogP contribution in [0.5, 0.6) is 0 Å². The van der Waals surface area contributed by atoms with Gasteiger partial charge >= 0.3 is 0 Å². The van der Waals surface area contributed by atoms with Crippen LogP contribution in [0.4, 0.5) is 0 Å². The Morgan fingerprint density at radius 1 is 1.47 bits per heavy atom. The van der Waals surface area contributed by atoms with E-state index in [1.165, 1.54) is 11.8 Å². The van der Waals surface area contributed by atoms with Gasteiger partial charge in [-0.25, -0.2) is 4.68 Å². The zero-order valence-corrected chi connectivity index (χ0v) is 12.0. The van der Waals surface area contributed by atoms with Gasteiger partial charge in [0.15, 0.2) is 0 Å². The highest BCUT2D eigenvalue weighted by Gasteiger charge is 2.28. The number of aromatic nitrogens is 4. The monoisotopic (exact) mass is 295 g/mol. The van der Waals surface area contributed by atoms with E-state index in [1.54, 1.807) is 0 Å². The molecule has 1 heterocycles. The van der Waals surface area contributed by atoms with Crippen molar-refractivity contribution in [2.75, 3.05) is 0 Å². The van der Waals surface area contributed by atoms with Crippen molar-refractivity contribution >= 4 is 23.4 Å². The molecular formula is C12H14ClN5S. The lowest BCUT2D eigenvalue weighted by atomic mass is 10.1. The van der Waals surface area contributed by atoms with Crippen LogP contribution in [0.15, 0.2) is 28.3 Å². The summed E-state index contributed by atoms with van der Waals surface area (Å²) in [6.45, 7) is 1.94. The minimum Gasteiger partial charge on any atom is -0.324 e. The number of nitrogens with zero attached hydrogens (tertiary/aromatic N) is 4. The Kier molecular flexibility index (Phi) is 3.47. The fraction of sp³-hybridized carbons (Fsp3) is 0.417. The first-order valence-corrected chi connectivity index (χ1v) is 7.35. The predicted octanol–water partition coefficient (Wildman–Crippen LogP) is 2.83. The molecule has 0 unspecified atom stereocenters. The van der Waals surface area contributed by atoms with E-state index >= 15 is 0 Å². The van der Waals surface area contributed by atoms with E-state index in [0.29, 0.717) is 11.1 Å². The molecule has 7 heteroatoms. The molecule has 5 nitrogen and oxygen atoms in total. The van der Waals surface area contributed by atoms with E-state index in [1.807, 2.05) is 29.8 Å². The van der Waals surface area contributed by atoms with Crippen molar-refractivity contribution in [1.29, 1.82) is 0 Å². The third-order valence-corrected chi connectivity index (χ3v) is 4.49. The van der Waals surface area contributed by atoms with E-state index in [-0.39, 0.29) is 6.04 Å². The van der Waals surface area contributed by atoms with E-state index < -0.39 is 0 Å². The Morgan fingerprint density at radius 3 is 2.89 bits per heavy atom. The summed E-state index contributed by atoms with van der Waals surface area (Å²) in [5.74, 6) is 0. The highest BCUT2D eigenvalue weighted by molar-refractivity contribution is 7.99. The number of hydrogen-bond donors (Lipinski definition) is 1. The van der Waals surface area contributed by atoms with Crippen molar-refractivity contribution < 1.29 is 0 Å². The molecule has 2 aromatic rings. The maximum atomic E-state index is 6.28. The van der Waals surface area contributed by atoms with E-state index in [2.05, 4.69) is 15.5 Å². The van der Waals surface area contributed by atoms with Crippen LogP contribution in [0.2, 0.25) is 5.02 Å². The Balaban J connectivity index is 1.84. The van der Waals surface area contributed by atoms with Crippen LogP contribution in [0.1, 0.15) is 37.4 Å². The largest absolute Gasteiger partial charge is 0.324 e. The van der Waals surface area contributed by atoms with Gasteiger partial charge in [-0.05, 0) is 59.7 Å². The zero-order valence-electron chi connectivity index (χ0n) is 10.5. The summed E-state index contributed by atoms with van der Waals surface area (Å²) in [4.78, 5) is 0.947. The Morgan fingerprint density at radius 2 is 2.26 bits per heavy atom. The van der Waals surface area contributed by atoms with Crippen LogP contribution in [-0.4, -0.2) is 20.2 Å². The van der Waals surface area contributed by atoms with Crippen LogP contribution in [-0.2, 0) is 0 Å². The number of rotatable bonds is 4. The normalized spacial score (nSPS) is 16.6. The van der Waals surface area contributed by atoms with Gasteiger partial charge in [0.2, 0.25) is 5.16 Å². The average molecular weight is 296 g/mol. The molecule has 1 saturated carbocycles. The molecule has 2 N–H and O–H groups in total. The third kappa shape index (κ3) is 2.75. The maximum Gasteiger partial charge on any atom is 0.214 e. The molecule has 0 radical (unpaired) electrons. The van der Waals surface area contributed by atoms with Crippen molar-refractivity contribution in [2.45, 2.75) is 41.9 Å². The molecule has 0 aliphatic heterocycles. The summed E-state index contributed by atoms with van der Waals surface area (Å²) in [6.07, 6.45) is 2.30. The summed E-state index contributed by atoms with van der Waals surface area (Å²) in [5.41, 5.74) is 6.86. The maximum absolute atomic E-state index is 6.28. The average Bonchev–Trinajstić information content (AvgIpc) is 3.12. The van der Waals surface area contributed by atoms with Crippen LogP contribution in [0.3, 0.4) is 0 Å². The molecule has 19 heavy (non-hydrogen) atoms. The van der Waals surface area contributed by atoms with Gasteiger partial charge in [0.05, 0.1) is 11.1 Å². The molecule has 1 fully saturated rings. The fourth-order valence-electron chi connectivity index (χ4n) is 1.78. The van der Waals surface area contributed by atoms with Crippen molar-refractivity contribution in [2.24, 2.45) is 5.73 Å². The zero-order chi connectivity index (χ0) is 13.4. The predicted molar refractivity (Wildman–Crippen MR) is 74.3 cm³/mol. The number of benzene rings is 1. The SMILES string of the molecule is C[C@@H](N)c1ccc(Sc2nnnn2C2CC2)c(Cl)c1. The molecule has 1 aromatic carbocycles. The van der Waals surface area contributed by atoms with Crippen molar-refractivity contribution in [3.63, 3.8) is 0 Å². The van der Waals surface area contributed by atoms with Gasteiger partial charge in [-0.2, -0.15) is 0 Å². The van der Waals surface area contributed by atoms with E-state index in [9.17, 15) is 0 Å². The molecule has 0 amide bonds. The summed E-state index contributed by atoms with van der Waals surface area (Å²) in [5, 5.41) is 13.3. The second-order valence-electron chi connectivity index (χ2n) is 4.72. The Hall–Kier alpha value is -1.11. The van der Waals surface area contributed by atoms with Gasteiger partial charge in [0, 0.05) is 10.9 Å². The van der Waals surface area contributed by atoms with Crippen molar-refractivity contribution in [1.82, 2.24) is 20.2 Å². The smallest absolute Gasteiger partial charge is 0.214 e. The number of nitrogens with two attached hydrogens (primary N) is 1. The van der Waals surface area contributed by atoms with Crippen molar-refractivity contribution in [3.8, 4) is 0 Å². The van der Waals surface area contributed by atoms with Gasteiger partial charge in [0.25, 0.3) is 0 Å². The second-order valence-corrected chi connectivity index (χ2v) is 6.13. The Bertz CT molecular complexity index is 594. The van der Waals surface area contributed by atoms with Crippen LogP contribution in [0.25, 0.3) is 0 Å².